The second-order valence-electron chi connectivity index (χ2n) is 6.11. The SMILES string of the molecule is CC(C)CC(NC1CCC(O)CC1)c1ccccn1. The second-order valence-corrected chi connectivity index (χ2v) is 6.11. The third-order valence-electron chi connectivity index (χ3n) is 3.89. The van der Waals surface area contributed by atoms with E-state index in [9.17, 15) is 5.11 Å². The van der Waals surface area contributed by atoms with E-state index in [-0.39, 0.29) is 6.10 Å². The molecule has 0 spiro atoms. The molecule has 0 amide bonds. The van der Waals surface area contributed by atoms with E-state index in [1.807, 2.05) is 12.3 Å². The van der Waals surface area contributed by atoms with Gasteiger partial charge in [-0.25, -0.2) is 0 Å². The summed E-state index contributed by atoms with van der Waals surface area (Å²) >= 11 is 0. The van der Waals surface area contributed by atoms with E-state index < -0.39 is 0 Å². The quantitative estimate of drug-likeness (QED) is 0.857. The van der Waals surface area contributed by atoms with Crippen LogP contribution in [0.25, 0.3) is 0 Å². The molecule has 0 aromatic carbocycles. The number of hydrogen-bond acceptors (Lipinski definition) is 3. The van der Waals surface area contributed by atoms with Crippen LogP contribution in [-0.4, -0.2) is 22.2 Å². The number of aromatic nitrogens is 1. The van der Waals surface area contributed by atoms with Crippen molar-refractivity contribution < 1.29 is 5.11 Å². The number of nitrogens with zero attached hydrogens (tertiary/aromatic N) is 1. The highest BCUT2D eigenvalue weighted by Gasteiger charge is 2.23. The molecule has 3 nitrogen and oxygen atoms in total. The van der Waals surface area contributed by atoms with Crippen molar-refractivity contribution in [1.82, 2.24) is 10.3 Å². The summed E-state index contributed by atoms with van der Waals surface area (Å²) in [5, 5.41) is 13.3. The van der Waals surface area contributed by atoms with Crippen molar-refractivity contribution in [3.63, 3.8) is 0 Å². The Hall–Kier alpha value is -0.930. The zero-order chi connectivity index (χ0) is 13.7. The molecule has 1 fully saturated rings. The summed E-state index contributed by atoms with van der Waals surface area (Å²) in [4.78, 5) is 4.50. The first-order valence-corrected chi connectivity index (χ1v) is 7.50. The summed E-state index contributed by atoms with van der Waals surface area (Å²) in [5.41, 5.74) is 1.14. The van der Waals surface area contributed by atoms with Crippen LogP contribution < -0.4 is 5.32 Å². The van der Waals surface area contributed by atoms with Gasteiger partial charge >= 0.3 is 0 Å². The van der Waals surface area contributed by atoms with Crippen molar-refractivity contribution in [3.05, 3.63) is 30.1 Å². The van der Waals surface area contributed by atoms with Crippen LogP contribution in [-0.2, 0) is 0 Å². The number of rotatable bonds is 5. The van der Waals surface area contributed by atoms with Crippen molar-refractivity contribution in [1.29, 1.82) is 0 Å². The normalized spacial score (nSPS) is 25.5. The molecular formula is C16H26N2O. The first kappa shape index (κ1) is 14.5. The van der Waals surface area contributed by atoms with Gasteiger partial charge in [0.1, 0.15) is 0 Å². The molecule has 1 aromatic rings. The molecule has 1 heterocycles. The standard InChI is InChI=1S/C16H26N2O/c1-12(2)11-16(15-5-3-4-10-17-15)18-13-6-8-14(19)9-7-13/h3-5,10,12-14,16,18-19H,6-9,11H2,1-2H3. The van der Waals surface area contributed by atoms with E-state index in [1.54, 1.807) is 0 Å². The Bertz CT molecular complexity index is 358. The van der Waals surface area contributed by atoms with Gasteiger partial charge in [0, 0.05) is 18.3 Å². The lowest BCUT2D eigenvalue weighted by atomic mass is 9.91. The van der Waals surface area contributed by atoms with Crippen LogP contribution in [0.5, 0.6) is 0 Å². The molecule has 106 valence electrons. The van der Waals surface area contributed by atoms with Crippen LogP contribution in [0.2, 0.25) is 0 Å². The molecule has 1 unspecified atom stereocenters. The minimum Gasteiger partial charge on any atom is -0.393 e. The van der Waals surface area contributed by atoms with Crippen LogP contribution in [0, 0.1) is 5.92 Å². The largest absolute Gasteiger partial charge is 0.393 e. The Balaban J connectivity index is 1.98. The molecular weight excluding hydrogens is 236 g/mol. The molecule has 0 radical (unpaired) electrons. The van der Waals surface area contributed by atoms with Crippen molar-refractivity contribution in [2.45, 2.75) is 64.1 Å². The van der Waals surface area contributed by atoms with Crippen LogP contribution in [0.4, 0.5) is 0 Å². The average Bonchev–Trinajstić information content (AvgIpc) is 2.41. The maximum atomic E-state index is 9.58. The Morgan fingerprint density at radius 3 is 2.58 bits per heavy atom. The maximum absolute atomic E-state index is 9.58. The van der Waals surface area contributed by atoms with Crippen LogP contribution in [0.3, 0.4) is 0 Å². The monoisotopic (exact) mass is 262 g/mol. The molecule has 1 atom stereocenters. The van der Waals surface area contributed by atoms with E-state index in [2.05, 4.69) is 36.3 Å². The van der Waals surface area contributed by atoms with Gasteiger partial charge in [0.2, 0.25) is 0 Å². The van der Waals surface area contributed by atoms with E-state index in [4.69, 9.17) is 0 Å². The fraction of sp³-hybridized carbons (Fsp3) is 0.688. The molecule has 3 heteroatoms. The predicted molar refractivity (Wildman–Crippen MR) is 77.8 cm³/mol. The molecule has 1 aromatic heterocycles. The van der Waals surface area contributed by atoms with Crippen LogP contribution >= 0.6 is 0 Å². The highest BCUT2D eigenvalue weighted by atomic mass is 16.3. The van der Waals surface area contributed by atoms with Gasteiger partial charge in [-0.1, -0.05) is 19.9 Å². The highest BCUT2D eigenvalue weighted by molar-refractivity contribution is 5.09. The molecule has 2 rings (SSSR count). The van der Waals surface area contributed by atoms with Gasteiger partial charge in [-0.05, 0) is 50.2 Å². The predicted octanol–water partition coefficient (Wildman–Crippen LogP) is 3.06. The zero-order valence-corrected chi connectivity index (χ0v) is 12.0. The highest BCUT2D eigenvalue weighted by Crippen LogP contribution is 2.25. The molecule has 0 bridgehead atoms. The van der Waals surface area contributed by atoms with Gasteiger partial charge in [0.05, 0.1) is 11.8 Å². The molecule has 1 aliphatic carbocycles. The second kappa shape index (κ2) is 7.01. The summed E-state index contributed by atoms with van der Waals surface area (Å²) in [6.45, 7) is 4.50. The number of nitrogens with one attached hydrogen (secondary N) is 1. The van der Waals surface area contributed by atoms with Gasteiger partial charge in [0.15, 0.2) is 0 Å². The lowest BCUT2D eigenvalue weighted by Gasteiger charge is -2.31. The first-order chi connectivity index (χ1) is 9.15. The molecule has 1 saturated carbocycles. The fourth-order valence-electron chi connectivity index (χ4n) is 2.85. The van der Waals surface area contributed by atoms with E-state index in [0.717, 1.165) is 37.8 Å². The van der Waals surface area contributed by atoms with Crippen molar-refractivity contribution in [3.8, 4) is 0 Å². The maximum Gasteiger partial charge on any atom is 0.0573 e. The Kier molecular flexibility index (Phi) is 5.34. The molecule has 19 heavy (non-hydrogen) atoms. The molecule has 2 N–H and O–H groups in total. The number of aliphatic hydroxyl groups excluding tert-OH is 1. The van der Waals surface area contributed by atoms with Crippen molar-refractivity contribution in [2.24, 2.45) is 5.92 Å². The molecule has 1 aliphatic rings. The van der Waals surface area contributed by atoms with E-state index >= 15 is 0 Å². The summed E-state index contributed by atoms with van der Waals surface area (Å²) in [5.74, 6) is 0.647. The van der Waals surface area contributed by atoms with Gasteiger partial charge in [0.25, 0.3) is 0 Å². The third kappa shape index (κ3) is 4.59. The minimum absolute atomic E-state index is 0.0866. The Labute approximate surface area is 116 Å². The number of pyridine rings is 1. The van der Waals surface area contributed by atoms with Crippen LogP contribution in [0.1, 0.15) is 57.7 Å². The van der Waals surface area contributed by atoms with E-state index in [1.165, 1.54) is 0 Å². The summed E-state index contributed by atoms with van der Waals surface area (Å²) in [6.07, 6.45) is 6.88. The lowest BCUT2D eigenvalue weighted by molar-refractivity contribution is 0.113. The van der Waals surface area contributed by atoms with Crippen molar-refractivity contribution in [2.75, 3.05) is 0 Å². The summed E-state index contributed by atoms with van der Waals surface area (Å²) in [6, 6.07) is 6.99. The lowest BCUT2D eigenvalue weighted by Crippen LogP contribution is -2.37. The van der Waals surface area contributed by atoms with Crippen molar-refractivity contribution >= 4 is 0 Å². The molecule has 0 saturated heterocycles. The average molecular weight is 262 g/mol. The van der Waals surface area contributed by atoms with Gasteiger partial charge in [-0.15, -0.1) is 0 Å². The number of hydrogen-bond donors (Lipinski definition) is 2. The topological polar surface area (TPSA) is 45.1 Å². The zero-order valence-electron chi connectivity index (χ0n) is 12.0. The smallest absolute Gasteiger partial charge is 0.0573 e. The number of aliphatic hydroxyl groups is 1. The third-order valence-corrected chi connectivity index (χ3v) is 3.89. The minimum atomic E-state index is -0.0866. The first-order valence-electron chi connectivity index (χ1n) is 7.50. The van der Waals surface area contributed by atoms with Gasteiger partial charge in [-0.3, -0.25) is 4.98 Å². The Morgan fingerprint density at radius 1 is 1.26 bits per heavy atom. The summed E-state index contributed by atoms with van der Waals surface area (Å²) in [7, 11) is 0. The summed E-state index contributed by atoms with van der Waals surface area (Å²) < 4.78 is 0. The van der Waals surface area contributed by atoms with Gasteiger partial charge in [-0.2, -0.15) is 0 Å². The van der Waals surface area contributed by atoms with Crippen LogP contribution in [0.15, 0.2) is 24.4 Å². The van der Waals surface area contributed by atoms with Gasteiger partial charge < -0.3 is 10.4 Å². The Morgan fingerprint density at radius 2 is 2.00 bits per heavy atom. The molecule has 0 aliphatic heterocycles. The fourth-order valence-corrected chi connectivity index (χ4v) is 2.85. The van der Waals surface area contributed by atoms with E-state index in [0.29, 0.717) is 18.0 Å².